The van der Waals surface area contributed by atoms with Gasteiger partial charge in [-0.05, 0) is 68.0 Å². The van der Waals surface area contributed by atoms with Crippen molar-refractivity contribution < 1.29 is 14.3 Å². The molecule has 1 aliphatic rings. The number of hydrogen-bond acceptors (Lipinski definition) is 6. The predicted molar refractivity (Wildman–Crippen MR) is 126 cm³/mol. The van der Waals surface area contributed by atoms with E-state index in [1.807, 2.05) is 49.4 Å². The van der Waals surface area contributed by atoms with Gasteiger partial charge in [-0.1, -0.05) is 35.1 Å². The Morgan fingerprint density at radius 1 is 1.23 bits per heavy atom. The Morgan fingerprint density at radius 2 is 2.06 bits per heavy atom. The van der Waals surface area contributed by atoms with Crippen molar-refractivity contribution in [2.24, 2.45) is 5.92 Å². The first-order valence-electron chi connectivity index (χ1n) is 10.8. The average molecular weight is 459 g/mol. The van der Waals surface area contributed by atoms with E-state index >= 15 is 0 Å². The van der Waals surface area contributed by atoms with Crippen molar-refractivity contribution in [3.8, 4) is 5.75 Å². The van der Waals surface area contributed by atoms with Gasteiger partial charge in [0.15, 0.2) is 5.13 Å². The number of hydrogen-bond donors (Lipinski definition) is 0. The van der Waals surface area contributed by atoms with E-state index in [1.165, 1.54) is 4.70 Å². The molecule has 0 radical (unpaired) electrons. The van der Waals surface area contributed by atoms with Crippen LogP contribution in [0.3, 0.4) is 0 Å². The number of nitrogens with zero attached hydrogens (tertiary/aromatic N) is 2. The van der Waals surface area contributed by atoms with Crippen LogP contribution in [0.25, 0.3) is 10.2 Å². The van der Waals surface area contributed by atoms with Gasteiger partial charge in [0.05, 0.1) is 29.9 Å². The van der Waals surface area contributed by atoms with Gasteiger partial charge in [0.2, 0.25) is 0 Å². The molecule has 1 aliphatic heterocycles. The summed E-state index contributed by atoms with van der Waals surface area (Å²) in [4.78, 5) is 18.8. The van der Waals surface area contributed by atoms with Crippen LogP contribution >= 0.6 is 22.9 Å². The van der Waals surface area contributed by atoms with Gasteiger partial charge in [-0.2, -0.15) is 0 Å². The summed E-state index contributed by atoms with van der Waals surface area (Å²) in [6, 6.07) is 13.6. The lowest BCUT2D eigenvalue weighted by Crippen LogP contribution is -2.34. The molecular formula is C24H27ClN2O3S. The Hall–Kier alpha value is -2.31. The summed E-state index contributed by atoms with van der Waals surface area (Å²) in [5.74, 6) is 1.26. The summed E-state index contributed by atoms with van der Waals surface area (Å²) >= 11 is 7.82. The van der Waals surface area contributed by atoms with Crippen molar-refractivity contribution >= 4 is 44.3 Å². The monoisotopic (exact) mass is 458 g/mol. The average Bonchev–Trinajstić information content (AvgIpc) is 3.18. The van der Waals surface area contributed by atoms with Crippen molar-refractivity contribution in [3.63, 3.8) is 0 Å². The minimum Gasteiger partial charge on any atom is -0.494 e. The fourth-order valence-electron chi connectivity index (χ4n) is 3.90. The number of halogens is 1. The highest BCUT2D eigenvalue weighted by Crippen LogP contribution is 2.33. The third-order valence-electron chi connectivity index (χ3n) is 5.57. The number of anilines is 1. The maximum absolute atomic E-state index is 11.7. The highest BCUT2D eigenvalue weighted by atomic mass is 35.5. The van der Waals surface area contributed by atoms with Gasteiger partial charge >= 0.3 is 5.97 Å². The number of ether oxygens (including phenoxy) is 2. The zero-order valence-corrected chi connectivity index (χ0v) is 19.3. The van der Waals surface area contributed by atoms with Crippen LogP contribution < -0.4 is 9.64 Å². The predicted octanol–water partition coefficient (Wildman–Crippen LogP) is 5.74. The largest absolute Gasteiger partial charge is 0.494 e. The second-order valence-electron chi connectivity index (χ2n) is 7.81. The fourth-order valence-corrected chi connectivity index (χ4v) is 5.07. The Morgan fingerprint density at radius 3 is 2.87 bits per heavy atom. The first-order chi connectivity index (χ1) is 15.1. The lowest BCUT2D eigenvalue weighted by atomic mass is 9.94. The molecule has 0 bridgehead atoms. The van der Waals surface area contributed by atoms with Crippen LogP contribution in [-0.2, 0) is 16.0 Å². The summed E-state index contributed by atoms with van der Waals surface area (Å²) in [7, 11) is 0. The van der Waals surface area contributed by atoms with Crippen molar-refractivity contribution in [3.05, 3.63) is 53.1 Å². The van der Waals surface area contributed by atoms with Gasteiger partial charge in [0.1, 0.15) is 5.75 Å². The second-order valence-corrected chi connectivity index (χ2v) is 9.25. The van der Waals surface area contributed by atoms with E-state index in [-0.39, 0.29) is 12.4 Å². The molecule has 2 heterocycles. The summed E-state index contributed by atoms with van der Waals surface area (Å²) in [6.07, 6.45) is 3.60. The molecule has 0 amide bonds. The van der Waals surface area contributed by atoms with Crippen LogP contribution in [0.2, 0.25) is 5.02 Å². The molecule has 164 valence electrons. The Labute approximate surface area is 191 Å². The molecule has 1 fully saturated rings. The molecule has 31 heavy (non-hydrogen) atoms. The van der Waals surface area contributed by atoms with Crippen molar-refractivity contribution in [1.82, 2.24) is 4.98 Å². The molecule has 3 aromatic rings. The quantitative estimate of drug-likeness (QED) is 0.403. The molecular weight excluding hydrogens is 432 g/mol. The molecule has 2 aromatic carbocycles. The Kier molecular flexibility index (Phi) is 7.30. The highest BCUT2D eigenvalue weighted by Gasteiger charge is 2.21. The lowest BCUT2D eigenvalue weighted by Gasteiger charge is -2.31. The van der Waals surface area contributed by atoms with E-state index in [1.54, 1.807) is 11.3 Å². The molecule has 0 atom stereocenters. The second kappa shape index (κ2) is 10.3. The summed E-state index contributed by atoms with van der Waals surface area (Å²) < 4.78 is 12.2. The number of benzene rings is 2. The summed E-state index contributed by atoms with van der Waals surface area (Å²) in [5, 5.41) is 1.82. The van der Waals surface area contributed by atoms with E-state index < -0.39 is 0 Å². The van der Waals surface area contributed by atoms with E-state index in [0.29, 0.717) is 19.1 Å². The third-order valence-corrected chi connectivity index (χ3v) is 6.90. The minimum absolute atomic E-state index is 0.206. The van der Waals surface area contributed by atoms with Crippen molar-refractivity contribution in [2.45, 2.75) is 32.6 Å². The molecule has 5 nitrogen and oxygen atoms in total. The molecule has 0 N–H and O–H groups in total. The number of thiazole rings is 1. The number of aromatic nitrogens is 1. The van der Waals surface area contributed by atoms with Gasteiger partial charge in [-0.3, -0.25) is 4.79 Å². The zero-order valence-electron chi connectivity index (χ0n) is 17.7. The normalized spacial score (nSPS) is 14.7. The molecule has 0 aliphatic carbocycles. The Bertz CT molecular complexity index is 1030. The number of carbonyl (C=O) groups is 1. The number of piperidine rings is 1. The molecule has 0 unspecified atom stereocenters. The summed E-state index contributed by atoms with van der Waals surface area (Å²) in [5.41, 5.74) is 1.90. The number of carbonyl (C=O) groups excluding carboxylic acids is 1. The highest BCUT2D eigenvalue weighted by molar-refractivity contribution is 7.22. The zero-order chi connectivity index (χ0) is 21.6. The number of fused-ring (bicyclic) bond motifs is 1. The van der Waals surface area contributed by atoms with Crippen LogP contribution in [-0.4, -0.2) is 37.3 Å². The maximum atomic E-state index is 11.7. The molecule has 1 aromatic heterocycles. The van der Waals surface area contributed by atoms with Crippen LogP contribution in [0, 0.1) is 5.92 Å². The first kappa shape index (κ1) is 21.9. The molecule has 7 heteroatoms. The molecule has 1 saturated heterocycles. The van der Waals surface area contributed by atoms with E-state index in [4.69, 9.17) is 26.1 Å². The van der Waals surface area contributed by atoms with Crippen molar-refractivity contribution in [1.29, 1.82) is 0 Å². The minimum atomic E-state index is -0.206. The van der Waals surface area contributed by atoms with Crippen LogP contribution in [0.5, 0.6) is 5.75 Å². The molecule has 0 spiro atoms. The standard InChI is InChI=1S/C24H27ClN2O3S/c1-2-29-23(28)15-18-4-3-5-20(14-18)30-13-10-17-8-11-27(12-9-17)24-26-21-16-19(25)6-7-22(21)31-24/h3-7,14,16-17H,2,8-13,15H2,1H3. The van der Waals surface area contributed by atoms with Crippen LogP contribution in [0.1, 0.15) is 31.7 Å². The third kappa shape index (κ3) is 5.89. The van der Waals surface area contributed by atoms with Gasteiger partial charge in [-0.25, -0.2) is 4.98 Å². The van der Waals surface area contributed by atoms with E-state index in [9.17, 15) is 4.79 Å². The van der Waals surface area contributed by atoms with E-state index in [0.717, 1.165) is 59.3 Å². The van der Waals surface area contributed by atoms with E-state index in [2.05, 4.69) is 4.90 Å². The smallest absolute Gasteiger partial charge is 0.310 e. The molecule has 0 saturated carbocycles. The van der Waals surface area contributed by atoms with Gasteiger partial charge in [-0.15, -0.1) is 0 Å². The van der Waals surface area contributed by atoms with Gasteiger partial charge < -0.3 is 14.4 Å². The van der Waals surface area contributed by atoms with Crippen LogP contribution in [0.15, 0.2) is 42.5 Å². The molecule has 4 rings (SSSR count). The number of rotatable bonds is 8. The fraction of sp³-hybridized carbons (Fsp3) is 0.417. The summed E-state index contributed by atoms with van der Waals surface area (Å²) in [6.45, 7) is 4.95. The SMILES string of the molecule is CCOC(=O)Cc1cccc(OCCC2CCN(c3nc4cc(Cl)ccc4s3)CC2)c1. The first-order valence-corrected chi connectivity index (χ1v) is 12.0. The topological polar surface area (TPSA) is 51.7 Å². The Balaban J connectivity index is 1.23. The van der Waals surface area contributed by atoms with Crippen molar-refractivity contribution in [2.75, 3.05) is 31.2 Å². The number of esters is 1. The lowest BCUT2D eigenvalue weighted by molar-refractivity contribution is -0.142. The van der Waals surface area contributed by atoms with Gasteiger partial charge in [0, 0.05) is 18.1 Å². The maximum Gasteiger partial charge on any atom is 0.310 e. The van der Waals surface area contributed by atoms with Crippen LogP contribution in [0.4, 0.5) is 5.13 Å². The van der Waals surface area contributed by atoms with Gasteiger partial charge in [0.25, 0.3) is 0 Å².